The Bertz CT molecular complexity index is 1520. The van der Waals surface area contributed by atoms with E-state index in [9.17, 15) is 14.4 Å². The van der Waals surface area contributed by atoms with Gasteiger partial charge in [-0.15, -0.1) is 0 Å². The number of para-hydroxylation sites is 1. The molecule has 4 aromatic rings. The average molecular weight is 577 g/mol. The van der Waals surface area contributed by atoms with E-state index in [1.54, 1.807) is 47.4 Å². The normalized spacial score (nSPS) is 11.5. The van der Waals surface area contributed by atoms with E-state index >= 15 is 0 Å². The van der Waals surface area contributed by atoms with Gasteiger partial charge < -0.3 is 19.7 Å². The number of nitrogens with one attached hydrogen (secondary N) is 1. The number of ketones is 1. The second-order valence-corrected chi connectivity index (χ2v) is 9.82. The molecule has 0 fully saturated rings. The van der Waals surface area contributed by atoms with Crippen molar-refractivity contribution in [1.29, 1.82) is 0 Å². The van der Waals surface area contributed by atoms with Gasteiger partial charge in [-0.1, -0.05) is 84.9 Å². The van der Waals surface area contributed by atoms with Crippen LogP contribution in [0.2, 0.25) is 0 Å². The van der Waals surface area contributed by atoms with Crippen LogP contribution in [0.1, 0.15) is 34.0 Å². The standard InChI is InChI=1S/C36H36N2O5/c1-3-38(34(39)23-20-27-12-6-4-7-13-27)24-25-43-30-21-18-28(19-22-30)26-33(36(41)42-2)37-32-17-11-10-16-31(32)35(40)29-14-8-5-9-15-29/h4-23,33,37H,3,24-26H2,1-2H3. The lowest BCUT2D eigenvalue weighted by molar-refractivity contribution is -0.141. The minimum Gasteiger partial charge on any atom is -0.492 e. The second kappa shape index (κ2) is 15.7. The molecule has 0 spiro atoms. The van der Waals surface area contributed by atoms with Crippen LogP contribution < -0.4 is 10.1 Å². The second-order valence-electron chi connectivity index (χ2n) is 9.82. The zero-order valence-corrected chi connectivity index (χ0v) is 24.4. The van der Waals surface area contributed by atoms with Crippen LogP contribution in [0.3, 0.4) is 0 Å². The van der Waals surface area contributed by atoms with Crippen molar-refractivity contribution >= 4 is 29.4 Å². The maximum Gasteiger partial charge on any atom is 0.328 e. The summed E-state index contributed by atoms with van der Waals surface area (Å²) in [6.07, 6.45) is 3.73. The van der Waals surface area contributed by atoms with Gasteiger partial charge in [-0.3, -0.25) is 9.59 Å². The highest BCUT2D eigenvalue weighted by molar-refractivity contribution is 6.12. The molecule has 0 aliphatic rings. The molecule has 0 saturated heterocycles. The van der Waals surface area contributed by atoms with Crippen molar-refractivity contribution < 1.29 is 23.9 Å². The quantitative estimate of drug-likeness (QED) is 0.112. The highest BCUT2D eigenvalue weighted by Crippen LogP contribution is 2.22. The third-order valence-corrected chi connectivity index (χ3v) is 6.93. The molecule has 1 atom stereocenters. The molecule has 7 heteroatoms. The molecule has 0 radical (unpaired) electrons. The number of ether oxygens (including phenoxy) is 2. The van der Waals surface area contributed by atoms with Gasteiger partial charge in [0.05, 0.1) is 13.7 Å². The lowest BCUT2D eigenvalue weighted by Gasteiger charge is -2.20. The van der Waals surface area contributed by atoms with Crippen LogP contribution in [0.25, 0.3) is 6.08 Å². The minimum absolute atomic E-state index is 0.0707. The minimum atomic E-state index is -0.713. The van der Waals surface area contributed by atoms with E-state index in [-0.39, 0.29) is 11.7 Å². The summed E-state index contributed by atoms with van der Waals surface area (Å²) in [5.41, 5.74) is 3.45. The molecule has 43 heavy (non-hydrogen) atoms. The first-order valence-corrected chi connectivity index (χ1v) is 14.3. The van der Waals surface area contributed by atoms with E-state index in [0.29, 0.717) is 48.7 Å². The molecule has 1 N–H and O–H groups in total. The Morgan fingerprint density at radius 2 is 1.49 bits per heavy atom. The zero-order chi connectivity index (χ0) is 30.4. The van der Waals surface area contributed by atoms with Crippen LogP contribution >= 0.6 is 0 Å². The van der Waals surface area contributed by atoms with Crippen molar-refractivity contribution in [1.82, 2.24) is 4.90 Å². The topological polar surface area (TPSA) is 84.9 Å². The first kappa shape index (κ1) is 30.8. The molecule has 0 aromatic heterocycles. The summed E-state index contributed by atoms with van der Waals surface area (Å²) in [5.74, 6) is 0.0180. The lowest BCUT2D eigenvalue weighted by atomic mass is 10.00. The van der Waals surface area contributed by atoms with E-state index in [0.717, 1.165) is 11.1 Å². The van der Waals surface area contributed by atoms with Gasteiger partial charge in [0.15, 0.2) is 5.78 Å². The van der Waals surface area contributed by atoms with Gasteiger partial charge in [0.1, 0.15) is 18.4 Å². The number of benzene rings is 4. The van der Waals surface area contributed by atoms with Crippen LogP contribution in [-0.2, 0) is 20.7 Å². The Kier molecular flexibility index (Phi) is 11.3. The van der Waals surface area contributed by atoms with E-state index in [4.69, 9.17) is 9.47 Å². The zero-order valence-electron chi connectivity index (χ0n) is 24.4. The Labute approximate surface area is 252 Å². The summed E-state index contributed by atoms with van der Waals surface area (Å²) < 4.78 is 11.0. The number of hydrogen-bond acceptors (Lipinski definition) is 6. The van der Waals surface area contributed by atoms with Gasteiger partial charge in [0.2, 0.25) is 5.91 Å². The number of amides is 1. The molecule has 0 aliphatic carbocycles. The number of methoxy groups -OCH3 is 1. The predicted octanol–water partition coefficient (Wildman–Crippen LogP) is 6.05. The number of esters is 1. The molecule has 1 amide bonds. The highest BCUT2D eigenvalue weighted by atomic mass is 16.5. The molecule has 0 bridgehead atoms. The van der Waals surface area contributed by atoms with Crippen LogP contribution in [0, 0.1) is 0 Å². The van der Waals surface area contributed by atoms with Crippen molar-refractivity contribution in [3.05, 3.63) is 138 Å². The van der Waals surface area contributed by atoms with E-state index < -0.39 is 12.0 Å². The Morgan fingerprint density at radius 3 is 2.16 bits per heavy atom. The van der Waals surface area contributed by atoms with Crippen molar-refractivity contribution in [2.24, 2.45) is 0 Å². The summed E-state index contributed by atoms with van der Waals surface area (Å²) in [5, 5.41) is 3.23. The molecular formula is C36H36N2O5. The fourth-order valence-electron chi connectivity index (χ4n) is 4.57. The molecule has 0 heterocycles. The maximum atomic E-state index is 13.2. The summed E-state index contributed by atoms with van der Waals surface area (Å²) in [6.45, 7) is 3.30. The third kappa shape index (κ3) is 8.91. The van der Waals surface area contributed by atoms with Crippen LogP contribution in [0.4, 0.5) is 5.69 Å². The van der Waals surface area contributed by atoms with Crippen LogP contribution in [-0.4, -0.2) is 55.4 Å². The molecule has 220 valence electrons. The van der Waals surface area contributed by atoms with Gasteiger partial charge in [-0.25, -0.2) is 4.79 Å². The average Bonchev–Trinajstić information content (AvgIpc) is 3.06. The smallest absolute Gasteiger partial charge is 0.328 e. The number of likely N-dealkylation sites (N-methyl/N-ethyl adjacent to an activating group) is 1. The van der Waals surface area contributed by atoms with Crippen LogP contribution in [0.5, 0.6) is 5.75 Å². The molecule has 1 unspecified atom stereocenters. The van der Waals surface area contributed by atoms with Crippen molar-refractivity contribution in [2.45, 2.75) is 19.4 Å². The number of rotatable bonds is 14. The number of nitrogens with zero attached hydrogens (tertiary/aromatic N) is 1. The molecule has 0 aliphatic heterocycles. The van der Waals surface area contributed by atoms with Gasteiger partial charge in [-0.2, -0.15) is 0 Å². The summed E-state index contributed by atoms with van der Waals surface area (Å²) in [4.78, 5) is 40.2. The SMILES string of the molecule is CCN(CCOc1ccc(CC(Nc2ccccc2C(=O)c2ccccc2)C(=O)OC)cc1)C(=O)C=Cc1ccccc1. The maximum absolute atomic E-state index is 13.2. The molecule has 0 saturated carbocycles. The number of anilines is 1. The summed E-state index contributed by atoms with van der Waals surface area (Å²) in [7, 11) is 1.34. The summed E-state index contributed by atoms with van der Waals surface area (Å²) >= 11 is 0. The molecule has 4 aromatic carbocycles. The Morgan fingerprint density at radius 1 is 0.837 bits per heavy atom. The monoisotopic (exact) mass is 576 g/mol. The summed E-state index contributed by atoms with van der Waals surface area (Å²) in [6, 6.07) is 32.6. The van der Waals surface area contributed by atoms with Crippen molar-refractivity contribution in [2.75, 3.05) is 32.1 Å². The number of hydrogen-bond donors (Lipinski definition) is 1. The largest absolute Gasteiger partial charge is 0.492 e. The first-order chi connectivity index (χ1) is 21.0. The van der Waals surface area contributed by atoms with Crippen LogP contribution in [0.15, 0.2) is 115 Å². The third-order valence-electron chi connectivity index (χ3n) is 6.93. The van der Waals surface area contributed by atoms with E-state index in [2.05, 4.69) is 5.32 Å². The van der Waals surface area contributed by atoms with Gasteiger partial charge in [0.25, 0.3) is 0 Å². The van der Waals surface area contributed by atoms with Gasteiger partial charge in [-0.05, 0) is 48.4 Å². The van der Waals surface area contributed by atoms with Gasteiger partial charge >= 0.3 is 5.97 Å². The van der Waals surface area contributed by atoms with Crippen molar-refractivity contribution in [3.8, 4) is 5.75 Å². The molecule has 7 nitrogen and oxygen atoms in total. The first-order valence-electron chi connectivity index (χ1n) is 14.3. The highest BCUT2D eigenvalue weighted by Gasteiger charge is 2.22. The molecular weight excluding hydrogens is 540 g/mol. The van der Waals surface area contributed by atoms with E-state index in [1.165, 1.54) is 7.11 Å². The molecule has 4 rings (SSSR count). The van der Waals surface area contributed by atoms with E-state index in [1.807, 2.05) is 85.8 Å². The number of carbonyl (C=O) groups excluding carboxylic acids is 3. The Hall–Kier alpha value is -5.17. The fourth-order valence-corrected chi connectivity index (χ4v) is 4.57. The fraction of sp³-hybridized carbons (Fsp3) is 0.194. The van der Waals surface area contributed by atoms with Gasteiger partial charge in [0, 0.05) is 35.9 Å². The predicted molar refractivity (Wildman–Crippen MR) is 169 cm³/mol. The lowest BCUT2D eigenvalue weighted by Crippen LogP contribution is -2.33. The number of carbonyl (C=O) groups is 3. The Balaban J connectivity index is 1.35. The van der Waals surface area contributed by atoms with Crippen molar-refractivity contribution in [3.63, 3.8) is 0 Å².